The molecule has 0 aliphatic heterocycles. The van der Waals surface area contributed by atoms with Crippen LogP contribution in [0, 0.1) is 0 Å². The van der Waals surface area contributed by atoms with Gasteiger partial charge in [-0.15, -0.1) is 0 Å². The molecule has 0 atom stereocenters. The van der Waals surface area contributed by atoms with Gasteiger partial charge >= 0.3 is 0 Å². The van der Waals surface area contributed by atoms with Crippen LogP contribution in [0.1, 0.15) is 49.2 Å². The van der Waals surface area contributed by atoms with Crippen molar-refractivity contribution in [3.63, 3.8) is 0 Å². The second-order valence-corrected chi connectivity index (χ2v) is 7.76. The van der Waals surface area contributed by atoms with Gasteiger partial charge in [0.25, 0.3) is 5.91 Å². The van der Waals surface area contributed by atoms with Crippen molar-refractivity contribution in [2.45, 2.75) is 33.1 Å². The summed E-state index contributed by atoms with van der Waals surface area (Å²) in [6, 6.07) is 13.6. The van der Waals surface area contributed by atoms with Gasteiger partial charge in [-0.05, 0) is 60.4 Å². The van der Waals surface area contributed by atoms with Crippen molar-refractivity contribution in [1.82, 2.24) is 25.3 Å². The molecular formula is C24H26N6O. The first-order chi connectivity index (χ1) is 15.0. The number of nitrogens with zero attached hydrogens (tertiary/aromatic N) is 3. The highest BCUT2D eigenvalue weighted by Crippen LogP contribution is 2.24. The number of carbonyl (C=O) groups excluding carboxylic acids is 1. The van der Waals surface area contributed by atoms with Crippen LogP contribution in [-0.4, -0.2) is 32.4 Å². The molecule has 0 aliphatic rings. The molecule has 7 nitrogen and oxygen atoms in total. The molecule has 0 spiro atoms. The van der Waals surface area contributed by atoms with Crippen molar-refractivity contribution in [1.29, 1.82) is 0 Å². The van der Waals surface area contributed by atoms with Gasteiger partial charge in [-0.1, -0.05) is 20.8 Å². The molecule has 3 aromatic heterocycles. The standard InChI is InChI=1S/C24H26N6O/c1-4-9-26-23(31)22-14-17-12-18(5-6-19(17)29-22)28-24-27-11-8-20(30-24)21-13-16(15(2)3)7-10-25-21/h5-8,10-15,29H,4,9H2,1-3H3,(H,26,31)(H,27,28,30). The Morgan fingerprint density at radius 3 is 2.68 bits per heavy atom. The average molecular weight is 415 g/mol. The van der Waals surface area contributed by atoms with E-state index in [4.69, 9.17) is 0 Å². The Hall–Kier alpha value is -3.74. The number of aromatic amines is 1. The van der Waals surface area contributed by atoms with Gasteiger partial charge in [-0.25, -0.2) is 9.97 Å². The molecule has 1 aromatic carbocycles. The molecule has 0 fully saturated rings. The topological polar surface area (TPSA) is 95.6 Å². The van der Waals surface area contributed by atoms with Gasteiger partial charge in [0.2, 0.25) is 5.95 Å². The van der Waals surface area contributed by atoms with Crippen LogP contribution < -0.4 is 10.6 Å². The first-order valence-electron chi connectivity index (χ1n) is 10.5. The Labute approximate surface area is 181 Å². The molecule has 3 N–H and O–H groups in total. The van der Waals surface area contributed by atoms with Gasteiger partial charge in [0, 0.05) is 35.5 Å². The number of pyridine rings is 1. The zero-order valence-corrected chi connectivity index (χ0v) is 17.9. The van der Waals surface area contributed by atoms with E-state index >= 15 is 0 Å². The highest BCUT2D eigenvalue weighted by molar-refractivity contribution is 5.98. The summed E-state index contributed by atoms with van der Waals surface area (Å²) < 4.78 is 0. The summed E-state index contributed by atoms with van der Waals surface area (Å²) in [6.07, 6.45) is 4.43. The van der Waals surface area contributed by atoms with Crippen molar-refractivity contribution in [3.05, 3.63) is 66.1 Å². The van der Waals surface area contributed by atoms with Crippen LogP contribution in [0.15, 0.2) is 54.9 Å². The molecule has 0 saturated carbocycles. The van der Waals surface area contributed by atoms with E-state index in [0.29, 0.717) is 24.1 Å². The number of hydrogen-bond acceptors (Lipinski definition) is 5. The van der Waals surface area contributed by atoms with E-state index in [1.165, 1.54) is 5.56 Å². The molecule has 0 unspecified atom stereocenters. The van der Waals surface area contributed by atoms with E-state index in [2.05, 4.69) is 50.5 Å². The largest absolute Gasteiger partial charge is 0.351 e. The van der Waals surface area contributed by atoms with Gasteiger partial charge in [-0.3, -0.25) is 9.78 Å². The smallest absolute Gasteiger partial charge is 0.267 e. The summed E-state index contributed by atoms with van der Waals surface area (Å²) in [5.41, 5.74) is 5.09. The van der Waals surface area contributed by atoms with Crippen LogP contribution in [0.25, 0.3) is 22.3 Å². The molecule has 0 radical (unpaired) electrons. The summed E-state index contributed by atoms with van der Waals surface area (Å²) in [4.78, 5) is 28.8. The highest BCUT2D eigenvalue weighted by atomic mass is 16.1. The second-order valence-electron chi connectivity index (χ2n) is 7.76. The first kappa shape index (κ1) is 20.5. The monoisotopic (exact) mass is 414 g/mol. The zero-order valence-electron chi connectivity index (χ0n) is 17.9. The molecular weight excluding hydrogens is 388 g/mol. The van der Waals surface area contributed by atoms with Crippen LogP contribution in [0.2, 0.25) is 0 Å². The van der Waals surface area contributed by atoms with E-state index in [0.717, 1.165) is 34.4 Å². The van der Waals surface area contributed by atoms with Crippen molar-refractivity contribution in [2.75, 3.05) is 11.9 Å². The number of aromatic nitrogens is 4. The average Bonchev–Trinajstić information content (AvgIpc) is 3.21. The molecule has 4 aromatic rings. The minimum Gasteiger partial charge on any atom is -0.351 e. The maximum Gasteiger partial charge on any atom is 0.267 e. The Kier molecular flexibility index (Phi) is 5.93. The molecule has 7 heteroatoms. The number of anilines is 2. The van der Waals surface area contributed by atoms with Crippen molar-refractivity contribution >= 4 is 28.4 Å². The lowest BCUT2D eigenvalue weighted by molar-refractivity contribution is 0.0949. The third-order valence-electron chi connectivity index (χ3n) is 5.03. The predicted molar refractivity (Wildman–Crippen MR) is 124 cm³/mol. The van der Waals surface area contributed by atoms with E-state index < -0.39 is 0 Å². The van der Waals surface area contributed by atoms with E-state index in [1.54, 1.807) is 6.20 Å². The number of carbonyl (C=O) groups is 1. The fraction of sp³-hybridized carbons (Fsp3) is 0.250. The summed E-state index contributed by atoms with van der Waals surface area (Å²) in [7, 11) is 0. The van der Waals surface area contributed by atoms with Crippen LogP contribution in [0.5, 0.6) is 0 Å². The van der Waals surface area contributed by atoms with Gasteiger partial charge in [-0.2, -0.15) is 0 Å². The summed E-state index contributed by atoms with van der Waals surface area (Å²) in [5, 5.41) is 7.08. The molecule has 3 heterocycles. The quantitative estimate of drug-likeness (QED) is 0.394. The summed E-state index contributed by atoms with van der Waals surface area (Å²) >= 11 is 0. The molecule has 0 bridgehead atoms. The zero-order chi connectivity index (χ0) is 21.8. The maximum absolute atomic E-state index is 12.2. The van der Waals surface area contributed by atoms with Crippen LogP contribution >= 0.6 is 0 Å². The molecule has 0 saturated heterocycles. The maximum atomic E-state index is 12.2. The number of H-pyrrole nitrogens is 1. The Morgan fingerprint density at radius 1 is 1.03 bits per heavy atom. The van der Waals surface area contributed by atoms with Crippen molar-refractivity contribution in [3.8, 4) is 11.4 Å². The summed E-state index contributed by atoms with van der Waals surface area (Å²) in [6.45, 7) is 6.99. The SMILES string of the molecule is CCCNC(=O)c1cc2cc(Nc3nccc(-c4cc(C(C)C)ccn4)n3)ccc2[nH]1. The molecule has 0 aliphatic carbocycles. The van der Waals surface area contributed by atoms with Crippen molar-refractivity contribution < 1.29 is 4.79 Å². The van der Waals surface area contributed by atoms with E-state index in [9.17, 15) is 4.79 Å². The van der Waals surface area contributed by atoms with E-state index in [-0.39, 0.29) is 5.91 Å². The molecule has 158 valence electrons. The lowest BCUT2D eigenvalue weighted by Crippen LogP contribution is -2.24. The fourth-order valence-corrected chi connectivity index (χ4v) is 3.30. The number of nitrogens with one attached hydrogen (secondary N) is 3. The number of benzene rings is 1. The lowest BCUT2D eigenvalue weighted by Gasteiger charge is -2.09. The van der Waals surface area contributed by atoms with Crippen molar-refractivity contribution in [2.24, 2.45) is 0 Å². The van der Waals surface area contributed by atoms with Crippen LogP contribution in [-0.2, 0) is 0 Å². The van der Waals surface area contributed by atoms with E-state index in [1.807, 2.05) is 49.5 Å². The third-order valence-corrected chi connectivity index (χ3v) is 5.03. The second kappa shape index (κ2) is 8.95. The van der Waals surface area contributed by atoms with Gasteiger partial charge < -0.3 is 15.6 Å². The normalized spacial score (nSPS) is 11.1. The number of fused-ring (bicyclic) bond motifs is 1. The van der Waals surface area contributed by atoms with Gasteiger partial charge in [0.1, 0.15) is 5.69 Å². The Morgan fingerprint density at radius 2 is 1.87 bits per heavy atom. The minimum atomic E-state index is -0.0975. The molecule has 31 heavy (non-hydrogen) atoms. The third kappa shape index (κ3) is 4.71. The predicted octanol–water partition coefficient (Wildman–Crippen LogP) is 5.03. The van der Waals surface area contributed by atoms with Crippen LogP contribution in [0.3, 0.4) is 0 Å². The highest BCUT2D eigenvalue weighted by Gasteiger charge is 2.10. The Balaban J connectivity index is 1.56. The molecule has 1 amide bonds. The number of hydrogen-bond donors (Lipinski definition) is 3. The van der Waals surface area contributed by atoms with Gasteiger partial charge in [0.05, 0.1) is 11.4 Å². The number of rotatable bonds is 7. The van der Waals surface area contributed by atoms with Gasteiger partial charge in [0.15, 0.2) is 0 Å². The lowest BCUT2D eigenvalue weighted by atomic mass is 10.0. The summed E-state index contributed by atoms with van der Waals surface area (Å²) in [5.74, 6) is 0.813. The molecule has 4 rings (SSSR count). The Bertz CT molecular complexity index is 1210. The fourth-order valence-electron chi connectivity index (χ4n) is 3.30. The minimum absolute atomic E-state index is 0.0975. The first-order valence-corrected chi connectivity index (χ1v) is 10.5. The van der Waals surface area contributed by atoms with Crippen LogP contribution in [0.4, 0.5) is 11.6 Å². The number of amides is 1.